The largest absolute Gasteiger partial charge is 0.476 e. The van der Waals surface area contributed by atoms with Crippen LogP contribution in [0.25, 0.3) is 5.78 Å². The Bertz CT molecular complexity index is 573. The minimum Gasteiger partial charge on any atom is -0.476 e. The molecule has 0 saturated heterocycles. The molecule has 0 aliphatic heterocycles. The van der Waals surface area contributed by atoms with Crippen molar-refractivity contribution in [2.75, 3.05) is 0 Å². The van der Waals surface area contributed by atoms with Crippen LogP contribution in [0.3, 0.4) is 0 Å². The van der Waals surface area contributed by atoms with Gasteiger partial charge in [0, 0.05) is 11.8 Å². The molecule has 1 saturated carbocycles. The van der Waals surface area contributed by atoms with Gasteiger partial charge in [-0.25, -0.2) is 9.78 Å². The van der Waals surface area contributed by atoms with Gasteiger partial charge in [0.2, 0.25) is 0 Å². The lowest BCUT2D eigenvalue weighted by Gasteiger charge is -2.12. The zero-order chi connectivity index (χ0) is 11.8. The van der Waals surface area contributed by atoms with Crippen LogP contribution >= 0.6 is 0 Å². The lowest BCUT2D eigenvalue weighted by Crippen LogP contribution is -2.14. The number of nitrogens with zero attached hydrogens (tertiary/aromatic N) is 5. The molecule has 0 amide bonds. The first kappa shape index (κ1) is 10.1. The zero-order valence-corrected chi connectivity index (χ0v) is 9.07. The normalized spacial score (nSPS) is 16.7. The quantitative estimate of drug-likeness (QED) is 0.827. The van der Waals surface area contributed by atoms with Gasteiger partial charge in [-0.2, -0.15) is 4.52 Å². The molecule has 1 fully saturated rings. The van der Waals surface area contributed by atoms with Crippen molar-refractivity contribution in [1.29, 1.82) is 0 Å². The molecule has 1 aliphatic carbocycles. The Balaban J connectivity index is 2.22. The highest BCUT2D eigenvalue weighted by molar-refractivity contribution is 5.88. The number of fused-ring (bicyclic) bond motifs is 1. The van der Waals surface area contributed by atoms with Crippen molar-refractivity contribution in [3.05, 3.63) is 17.5 Å². The molecular weight excluding hydrogens is 222 g/mol. The van der Waals surface area contributed by atoms with Gasteiger partial charge in [-0.3, -0.25) is 0 Å². The third kappa shape index (κ3) is 1.54. The van der Waals surface area contributed by atoms with Crippen molar-refractivity contribution in [3.63, 3.8) is 0 Å². The number of tetrazole rings is 1. The lowest BCUT2D eigenvalue weighted by atomic mass is 9.97. The van der Waals surface area contributed by atoms with Gasteiger partial charge in [-0.05, 0) is 29.2 Å². The summed E-state index contributed by atoms with van der Waals surface area (Å²) in [6, 6.07) is 0. The van der Waals surface area contributed by atoms with E-state index in [-0.39, 0.29) is 17.4 Å². The number of hydrogen-bond donors (Lipinski definition) is 1. The van der Waals surface area contributed by atoms with E-state index in [2.05, 4.69) is 20.5 Å². The van der Waals surface area contributed by atoms with Gasteiger partial charge in [0.1, 0.15) is 0 Å². The zero-order valence-electron chi connectivity index (χ0n) is 9.07. The summed E-state index contributed by atoms with van der Waals surface area (Å²) in [7, 11) is 0. The average Bonchev–Trinajstić information content (AvgIpc) is 2.98. The molecule has 1 N–H and O–H groups in total. The summed E-state index contributed by atoms with van der Waals surface area (Å²) in [6.45, 7) is 0. The second-order valence-electron chi connectivity index (χ2n) is 4.24. The Morgan fingerprint density at radius 1 is 1.41 bits per heavy atom. The van der Waals surface area contributed by atoms with E-state index in [4.69, 9.17) is 0 Å². The van der Waals surface area contributed by atoms with Crippen LogP contribution in [-0.2, 0) is 0 Å². The minimum absolute atomic E-state index is 0.145. The summed E-state index contributed by atoms with van der Waals surface area (Å²) in [4.78, 5) is 15.4. The first-order valence-electron chi connectivity index (χ1n) is 5.57. The molecule has 0 aromatic carbocycles. The monoisotopic (exact) mass is 233 g/mol. The maximum Gasteiger partial charge on any atom is 0.355 e. The highest BCUT2D eigenvalue weighted by Crippen LogP contribution is 2.35. The van der Waals surface area contributed by atoms with Gasteiger partial charge in [0.05, 0.1) is 0 Å². The topological polar surface area (TPSA) is 93.3 Å². The first-order valence-corrected chi connectivity index (χ1v) is 5.57. The molecular formula is C10H11N5O2. The van der Waals surface area contributed by atoms with Gasteiger partial charge in [0.25, 0.3) is 5.78 Å². The van der Waals surface area contributed by atoms with E-state index in [1.54, 1.807) is 6.20 Å². The number of hydrogen-bond acceptors (Lipinski definition) is 5. The number of carboxylic acid groups (broad SMARTS) is 1. The molecule has 2 aromatic heterocycles. The smallest absolute Gasteiger partial charge is 0.355 e. The summed E-state index contributed by atoms with van der Waals surface area (Å²) in [6.07, 6.45) is 5.89. The molecule has 0 spiro atoms. The van der Waals surface area contributed by atoms with E-state index < -0.39 is 5.97 Å². The summed E-state index contributed by atoms with van der Waals surface area (Å²) in [5.41, 5.74) is 0.890. The van der Waals surface area contributed by atoms with Gasteiger partial charge in [0.15, 0.2) is 5.69 Å². The summed E-state index contributed by atoms with van der Waals surface area (Å²) in [5.74, 6) is -0.516. The minimum atomic E-state index is -1.01. The molecule has 0 radical (unpaired) electrons. The van der Waals surface area contributed by atoms with Crippen LogP contribution in [-0.4, -0.2) is 36.1 Å². The summed E-state index contributed by atoms with van der Waals surface area (Å²) >= 11 is 0. The van der Waals surface area contributed by atoms with Gasteiger partial charge in [-0.15, -0.1) is 0 Å². The predicted molar refractivity (Wildman–Crippen MR) is 56.7 cm³/mol. The maximum absolute atomic E-state index is 11.3. The second kappa shape index (κ2) is 3.76. The lowest BCUT2D eigenvalue weighted by molar-refractivity contribution is 0.0685. The van der Waals surface area contributed by atoms with E-state index in [0.29, 0.717) is 0 Å². The van der Waals surface area contributed by atoms with E-state index in [1.165, 1.54) is 4.52 Å². The number of carbonyl (C=O) groups is 1. The van der Waals surface area contributed by atoms with Gasteiger partial charge >= 0.3 is 5.97 Å². The van der Waals surface area contributed by atoms with Crippen molar-refractivity contribution in [3.8, 4) is 0 Å². The average molecular weight is 233 g/mol. The summed E-state index contributed by atoms with van der Waals surface area (Å²) in [5, 5.41) is 20.1. The molecule has 7 heteroatoms. The van der Waals surface area contributed by atoms with E-state index in [1.807, 2.05) is 0 Å². The van der Waals surface area contributed by atoms with Crippen LogP contribution in [0.5, 0.6) is 0 Å². The van der Waals surface area contributed by atoms with Crippen molar-refractivity contribution >= 4 is 11.7 Å². The fourth-order valence-corrected chi connectivity index (χ4v) is 2.47. The van der Waals surface area contributed by atoms with Crippen LogP contribution in [0.15, 0.2) is 6.20 Å². The van der Waals surface area contributed by atoms with Gasteiger partial charge in [-0.1, -0.05) is 17.9 Å². The van der Waals surface area contributed by atoms with Crippen molar-refractivity contribution in [2.24, 2.45) is 0 Å². The molecule has 7 nitrogen and oxygen atoms in total. The van der Waals surface area contributed by atoms with Gasteiger partial charge < -0.3 is 5.11 Å². The van der Waals surface area contributed by atoms with Crippen LogP contribution in [0.4, 0.5) is 0 Å². The number of carboxylic acids is 1. The molecule has 3 rings (SSSR count). The number of aromatic carboxylic acids is 1. The summed E-state index contributed by atoms with van der Waals surface area (Å²) < 4.78 is 1.20. The molecule has 1 aliphatic rings. The SMILES string of the molecule is O=C(O)c1c(C2CCCC2)cnc2nnnn12. The highest BCUT2D eigenvalue weighted by atomic mass is 16.4. The Labute approximate surface area is 96.5 Å². The molecule has 0 unspecified atom stereocenters. The fourth-order valence-electron chi connectivity index (χ4n) is 2.47. The van der Waals surface area contributed by atoms with Crippen LogP contribution < -0.4 is 0 Å². The van der Waals surface area contributed by atoms with E-state index in [0.717, 1.165) is 31.2 Å². The fraction of sp³-hybridized carbons (Fsp3) is 0.500. The van der Waals surface area contributed by atoms with E-state index in [9.17, 15) is 9.90 Å². The second-order valence-corrected chi connectivity index (χ2v) is 4.24. The molecule has 2 aromatic rings. The van der Waals surface area contributed by atoms with Crippen LogP contribution in [0, 0.1) is 0 Å². The Kier molecular flexibility index (Phi) is 2.24. The van der Waals surface area contributed by atoms with Crippen molar-refractivity contribution in [2.45, 2.75) is 31.6 Å². The predicted octanol–water partition coefficient (Wildman–Crippen LogP) is 0.875. The Hall–Kier alpha value is -2.05. The van der Waals surface area contributed by atoms with E-state index >= 15 is 0 Å². The standard InChI is InChI=1S/C10H11N5O2/c16-9(17)8-7(6-3-1-2-4-6)5-11-10-12-13-14-15(8)10/h5-6H,1-4H2,(H,16,17). The number of rotatable bonds is 2. The van der Waals surface area contributed by atoms with Crippen LogP contribution in [0.2, 0.25) is 0 Å². The molecule has 0 bridgehead atoms. The molecule has 88 valence electrons. The first-order chi connectivity index (χ1) is 8.27. The Morgan fingerprint density at radius 2 is 2.18 bits per heavy atom. The molecule has 0 atom stereocenters. The highest BCUT2D eigenvalue weighted by Gasteiger charge is 2.26. The maximum atomic E-state index is 11.3. The third-order valence-electron chi connectivity index (χ3n) is 3.25. The molecule has 17 heavy (non-hydrogen) atoms. The Morgan fingerprint density at radius 3 is 2.88 bits per heavy atom. The van der Waals surface area contributed by atoms with Crippen molar-refractivity contribution in [1.82, 2.24) is 25.0 Å². The molecule has 2 heterocycles. The third-order valence-corrected chi connectivity index (χ3v) is 3.25. The number of aromatic nitrogens is 5. The van der Waals surface area contributed by atoms with Crippen molar-refractivity contribution < 1.29 is 9.90 Å². The van der Waals surface area contributed by atoms with Crippen LogP contribution in [0.1, 0.15) is 47.7 Å².